The molecule has 0 bridgehead atoms. The van der Waals surface area contributed by atoms with Crippen molar-refractivity contribution in [2.75, 3.05) is 13.2 Å². The molecule has 0 spiro atoms. The van der Waals surface area contributed by atoms with Crippen LogP contribution in [0.15, 0.2) is 38.4 Å². The third kappa shape index (κ3) is 4.65. The minimum Gasteiger partial charge on any atom is -0.384 e. The number of alkyl halides is 1. The van der Waals surface area contributed by atoms with Crippen molar-refractivity contribution in [3.8, 4) is 0 Å². The summed E-state index contributed by atoms with van der Waals surface area (Å²) in [4.78, 5) is 25.6. The van der Waals surface area contributed by atoms with Crippen LogP contribution < -0.4 is 16.4 Å². The van der Waals surface area contributed by atoms with Crippen LogP contribution in [-0.4, -0.2) is 68.6 Å². The standard InChI is InChI=1S/C26H34ClFN8O2/c1-14-5-7-16(8-6-14)15(2)36-21-20(17-10-18(27)13-29-12-17)30-23(24-33-34-26(37)38-24)31-22(21)32-25(36)35-9-3-4-19(35)11-28/h10,12-16,19,22,25,32H,3-9,11H2,1-2H3,(H,30,31)(H,34,37)/t14?,15?,16?,19-,22?,25?/m0/s1. The lowest BCUT2D eigenvalue weighted by atomic mass is 9.79. The number of likely N-dealkylation sites (tertiary alicyclic amines) is 1. The number of H-pyrrole nitrogens is 1. The number of halogens is 2. The van der Waals surface area contributed by atoms with E-state index in [0.29, 0.717) is 16.8 Å². The molecule has 0 radical (unpaired) electrons. The Morgan fingerprint density at radius 1 is 1.24 bits per heavy atom. The maximum Gasteiger partial charge on any atom is 0.434 e. The van der Waals surface area contributed by atoms with Gasteiger partial charge in [0.15, 0.2) is 5.84 Å². The predicted molar refractivity (Wildman–Crippen MR) is 142 cm³/mol. The molecule has 3 aliphatic heterocycles. The van der Waals surface area contributed by atoms with E-state index in [1.54, 1.807) is 12.4 Å². The fraction of sp³-hybridized carbons (Fsp3) is 0.615. The lowest BCUT2D eigenvalue weighted by Crippen LogP contribution is -2.56. The Morgan fingerprint density at radius 3 is 2.76 bits per heavy atom. The molecule has 12 heteroatoms. The molecule has 6 rings (SSSR count). The number of aromatic amines is 1. The van der Waals surface area contributed by atoms with Crippen LogP contribution in [0.2, 0.25) is 5.02 Å². The van der Waals surface area contributed by atoms with Gasteiger partial charge >= 0.3 is 5.76 Å². The lowest BCUT2D eigenvalue weighted by Gasteiger charge is -2.44. The first-order valence-electron chi connectivity index (χ1n) is 13.5. The van der Waals surface area contributed by atoms with Crippen LogP contribution in [0.1, 0.15) is 63.8 Å². The van der Waals surface area contributed by atoms with Gasteiger partial charge in [-0.05, 0) is 50.5 Å². The molecule has 1 saturated carbocycles. The summed E-state index contributed by atoms with van der Waals surface area (Å²) in [5.41, 5.74) is 2.50. The van der Waals surface area contributed by atoms with E-state index in [0.717, 1.165) is 55.1 Å². The molecule has 3 unspecified atom stereocenters. The number of nitrogens with one attached hydrogen (secondary N) is 3. The highest BCUT2D eigenvalue weighted by Crippen LogP contribution is 2.41. The molecule has 4 atom stereocenters. The van der Waals surface area contributed by atoms with Crippen molar-refractivity contribution in [3.05, 3.63) is 51.2 Å². The smallest absolute Gasteiger partial charge is 0.384 e. The average molecular weight is 545 g/mol. The van der Waals surface area contributed by atoms with Crippen LogP contribution in [0.3, 0.4) is 0 Å². The van der Waals surface area contributed by atoms with Gasteiger partial charge in [-0.15, -0.1) is 5.10 Å². The van der Waals surface area contributed by atoms with Gasteiger partial charge in [0.25, 0.3) is 5.89 Å². The monoisotopic (exact) mass is 544 g/mol. The van der Waals surface area contributed by atoms with Crippen LogP contribution in [-0.2, 0) is 0 Å². The third-order valence-corrected chi connectivity index (χ3v) is 8.80. The van der Waals surface area contributed by atoms with Gasteiger partial charge in [0, 0.05) is 36.6 Å². The summed E-state index contributed by atoms with van der Waals surface area (Å²) in [6, 6.07) is 1.89. The van der Waals surface area contributed by atoms with Crippen molar-refractivity contribution in [2.24, 2.45) is 16.8 Å². The van der Waals surface area contributed by atoms with Crippen molar-refractivity contribution in [1.82, 2.24) is 35.6 Å². The number of pyridine rings is 1. The van der Waals surface area contributed by atoms with Gasteiger partial charge < -0.3 is 14.6 Å². The summed E-state index contributed by atoms with van der Waals surface area (Å²) in [6.45, 7) is 5.03. The number of hydrogen-bond donors (Lipinski definition) is 3. The van der Waals surface area contributed by atoms with Gasteiger partial charge in [0.2, 0.25) is 0 Å². The fourth-order valence-corrected chi connectivity index (χ4v) is 6.70. The number of amidine groups is 1. The summed E-state index contributed by atoms with van der Waals surface area (Å²) in [6.07, 6.45) is 9.18. The van der Waals surface area contributed by atoms with Crippen molar-refractivity contribution < 1.29 is 8.81 Å². The quantitative estimate of drug-likeness (QED) is 0.507. The number of hydrogen-bond acceptors (Lipinski definition) is 9. The Hall–Kier alpha value is -2.76. The minimum atomic E-state index is -0.660. The van der Waals surface area contributed by atoms with Crippen molar-refractivity contribution in [3.63, 3.8) is 0 Å². The van der Waals surface area contributed by atoms with Gasteiger partial charge in [0.05, 0.1) is 16.4 Å². The van der Waals surface area contributed by atoms with E-state index in [9.17, 15) is 9.18 Å². The molecule has 10 nitrogen and oxygen atoms in total. The molecule has 2 aromatic rings. The maximum absolute atomic E-state index is 14.2. The number of aliphatic imine (C=N–C) groups is 1. The first-order valence-corrected chi connectivity index (χ1v) is 13.9. The molecular weight excluding hydrogens is 511 g/mol. The van der Waals surface area contributed by atoms with Gasteiger partial charge in [-0.25, -0.2) is 19.3 Å². The Bertz CT molecular complexity index is 1290. The molecule has 38 heavy (non-hydrogen) atoms. The third-order valence-electron chi connectivity index (χ3n) is 8.60. The Kier molecular flexibility index (Phi) is 7.00. The van der Waals surface area contributed by atoms with Gasteiger partial charge in [0.1, 0.15) is 19.1 Å². The van der Waals surface area contributed by atoms with Crippen molar-refractivity contribution in [2.45, 2.75) is 76.9 Å². The molecule has 2 aromatic heterocycles. The molecule has 0 amide bonds. The van der Waals surface area contributed by atoms with Crippen LogP contribution >= 0.6 is 11.6 Å². The van der Waals surface area contributed by atoms with E-state index < -0.39 is 11.9 Å². The normalized spacial score (nSPS) is 30.8. The number of fused-ring (bicyclic) bond motifs is 1. The maximum atomic E-state index is 14.2. The lowest BCUT2D eigenvalue weighted by molar-refractivity contribution is 0.0118. The average Bonchev–Trinajstić information content (AvgIpc) is 3.65. The van der Waals surface area contributed by atoms with Gasteiger partial charge in [-0.1, -0.05) is 31.4 Å². The molecule has 3 fully saturated rings. The second kappa shape index (κ2) is 10.4. The summed E-state index contributed by atoms with van der Waals surface area (Å²) in [7, 11) is 0. The molecule has 204 valence electrons. The number of rotatable bonds is 6. The molecule has 4 aliphatic rings. The summed E-state index contributed by atoms with van der Waals surface area (Å²) >= 11 is 6.37. The second-order valence-corrected chi connectivity index (χ2v) is 11.4. The van der Waals surface area contributed by atoms with Crippen LogP contribution in [0, 0.1) is 11.8 Å². The fourth-order valence-electron chi connectivity index (χ4n) is 6.53. The second-order valence-electron chi connectivity index (χ2n) is 11.0. The number of aromatic nitrogens is 3. The molecule has 2 saturated heterocycles. The molecule has 3 N–H and O–H groups in total. The zero-order valence-electron chi connectivity index (χ0n) is 21.7. The van der Waals surface area contributed by atoms with E-state index in [-0.39, 0.29) is 30.9 Å². The van der Waals surface area contributed by atoms with Crippen molar-refractivity contribution in [1.29, 1.82) is 0 Å². The van der Waals surface area contributed by atoms with Gasteiger partial charge in [-0.3, -0.25) is 15.2 Å². The van der Waals surface area contributed by atoms with E-state index >= 15 is 0 Å². The summed E-state index contributed by atoms with van der Waals surface area (Å²) in [5, 5.41) is 13.9. The van der Waals surface area contributed by atoms with Crippen molar-refractivity contribution >= 4 is 23.1 Å². The minimum absolute atomic E-state index is 0.0652. The first kappa shape index (κ1) is 25.5. The molecule has 5 heterocycles. The molecule has 0 aromatic carbocycles. The zero-order valence-corrected chi connectivity index (χ0v) is 22.4. The Morgan fingerprint density at radius 2 is 2.05 bits per heavy atom. The van der Waals surface area contributed by atoms with Crippen LogP contribution in [0.25, 0.3) is 5.70 Å². The molecule has 1 aliphatic carbocycles. The van der Waals surface area contributed by atoms with Gasteiger partial charge in [-0.2, -0.15) is 0 Å². The van der Waals surface area contributed by atoms with E-state index in [4.69, 9.17) is 21.0 Å². The zero-order chi connectivity index (χ0) is 26.4. The predicted octanol–water partition coefficient (Wildman–Crippen LogP) is 3.29. The topological polar surface area (TPSA) is 115 Å². The summed E-state index contributed by atoms with van der Waals surface area (Å²) < 4.78 is 19.4. The summed E-state index contributed by atoms with van der Waals surface area (Å²) in [5.74, 6) is 0.972. The van der Waals surface area contributed by atoms with Crippen LogP contribution in [0.4, 0.5) is 4.39 Å². The highest BCUT2D eigenvalue weighted by atomic mass is 35.5. The Balaban J connectivity index is 1.47. The van der Waals surface area contributed by atoms with E-state index in [2.05, 4.69) is 49.5 Å². The van der Waals surface area contributed by atoms with E-state index in [1.807, 2.05) is 6.07 Å². The SMILES string of the molecule is CC1CCC(C(C)N2C3=C(c4cncc(Cl)c4)NC(c4n[nH]c(=O)o4)=NC3NC2N2CCC[C@H]2CF)CC1. The number of nitrogens with zero attached hydrogens (tertiary/aromatic N) is 5. The Labute approximate surface area is 225 Å². The largest absolute Gasteiger partial charge is 0.434 e. The highest BCUT2D eigenvalue weighted by molar-refractivity contribution is 6.30. The first-order chi connectivity index (χ1) is 18.4. The van der Waals surface area contributed by atoms with E-state index in [1.165, 1.54) is 12.8 Å². The molecular formula is C26H34ClFN8O2. The van der Waals surface area contributed by atoms with Crippen LogP contribution in [0.5, 0.6) is 0 Å². The highest BCUT2D eigenvalue weighted by Gasteiger charge is 2.49.